The summed E-state index contributed by atoms with van der Waals surface area (Å²) in [5, 5.41) is 20.4. The van der Waals surface area contributed by atoms with Crippen LogP contribution in [0.5, 0.6) is 0 Å². The first-order valence-corrected chi connectivity index (χ1v) is 31.2. The van der Waals surface area contributed by atoms with Crippen molar-refractivity contribution in [2.24, 2.45) is 7.05 Å². The van der Waals surface area contributed by atoms with Crippen LogP contribution in [0.3, 0.4) is 0 Å². The SMILES string of the molecule is CC.CC(C)c1ccccc1.CC(C)c1ccccc1.CC(C)c1cccnc1.CC(C)c1cccs1.CC(C)c1ccn[nH]1.CC(C)c1ccncc1.CC(C)c1ccnn1C.CC(C)c1ccsc1.CC(C)c1nccs1. The van der Waals surface area contributed by atoms with E-state index < -0.39 is 0 Å². The molecule has 0 bridgehead atoms. The van der Waals surface area contributed by atoms with E-state index in [2.05, 4.69) is 244 Å². The fourth-order valence-electron chi connectivity index (χ4n) is 6.42. The van der Waals surface area contributed by atoms with E-state index >= 15 is 0 Å². The molecule has 0 unspecified atom stereocenters. The first kappa shape index (κ1) is 73.2. The molecule has 0 atom stereocenters. The smallest absolute Gasteiger partial charge is 0.0950 e. The topological polar surface area (TPSA) is 85.2 Å². The molecule has 0 radical (unpaired) electrons. The summed E-state index contributed by atoms with van der Waals surface area (Å²) in [6.45, 7) is 43.2. The van der Waals surface area contributed by atoms with Gasteiger partial charge >= 0.3 is 0 Å². The van der Waals surface area contributed by atoms with Gasteiger partial charge in [0.1, 0.15) is 0 Å². The summed E-state index contributed by atoms with van der Waals surface area (Å²) in [4.78, 5) is 13.5. The van der Waals surface area contributed by atoms with Gasteiger partial charge in [-0.05, 0) is 134 Å². The van der Waals surface area contributed by atoms with E-state index in [4.69, 9.17) is 0 Å². The second-order valence-corrected chi connectivity index (χ2v) is 23.8. The second kappa shape index (κ2) is 45.0. The Morgan fingerprint density at radius 2 is 0.924 bits per heavy atom. The highest BCUT2D eigenvalue weighted by molar-refractivity contribution is 7.10. The van der Waals surface area contributed by atoms with Crippen LogP contribution in [0, 0.1) is 0 Å². The zero-order chi connectivity index (χ0) is 59.5. The quantitative estimate of drug-likeness (QED) is 0.156. The van der Waals surface area contributed by atoms with Crippen LogP contribution in [0.25, 0.3) is 0 Å². The lowest BCUT2D eigenvalue weighted by molar-refractivity contribution is 0.669. The first-order chi connectivity index (χ1) is 37.7. The average Bonchev–Trinajstić information content (AvgIpc) is 4.32. The number of aromatic nitrogens is 7. The Morgan fingerprint density at radius 3 is 1.16 bits per heavy atom. The van der Waals surface area contributed by atoms with Crippen LogP contribution in [-0.2, 0) is 7.05 Å². The third-order valence-corrected chi connectivity index (χ3v) is 14.5. The number of H-pyrrole nitrogens is 1. The molecule has 9 aromatic rings. The van der Waals surface area contributed by atoms with Crippen LogP contribution in [0.1, 0.15) is 241 Å². The number of thiazole rings is 1. The maximum Gasteiger partial charge on any atom is 0.0950 e. The molecule has 0 saturated heterocycles. The Hall–Kier alpha value is -5.81. The van der Waals surface area contributed by atoms with Gasteiger partial charge in [-0.15, -0.1) is 22.7 Å². The maximum atomic E-state index is 4.13. The third-order valence-electron chi connectivity index (χ3n) is 11.5. The highest BCUT2D eigenvalue weighted by atomic mass is 32.1. The van der Waals surface area contributed by atoms with E-state index in [9.17, 15) is 0 Å². The first-order valence-electron chi connectivity index (χ1n) is 28.5. The summed E-state index contributed by atoms with van der Waals surface area (Å²) >= 11 is 5.32. The number of aromatic amines is 1. The fourth-order valence-corrected chi connectivity index (χ4v) is 8.64. The molecule has 0 fully saturated rings. The van der Waals surface area contributed by atoms with E-state index in [1.54, 1.807) is 35.1 Å². The summed E-state index contributed by atoms with van der Waals surface area (Å²) in [5.74, 6) is 5.67. The number of nitrogens with one attached hydrogen (secondary N) is 1. The van der Waals surface area contributed by atoms with Crippen LogP contribution in [-0.4, -0.2) is 34.9 Å². The minimum absolute atomic E-state index is 0.567. The van der Waals surface area contributed by atoms with Gasteiger partial charge in [0, 0.05) is 78.0 Å². The van der Waals surface area contributed by atoms with Gasteiger partial charge in [0.15, 0.2) is 0 Å². The maximum absolute atomic E-state index is 4.13. The van der Waals surface area contributed by atoms with Gasteiger partial charge < -0.3 is 0 Å². The number of aryl methyl sites for hydroxylation is 1. The molecule has 7 aromatic heterocycles. The number of thiophene rings is 2. The lowest BCUT2D eigenvalue weighted by Gasteiger charge is -2.02. The highest BCUT2D eigenvalue weighted by Gasteiger charge is 2.02. The van der Waals surface area contributed by atoms with Gasteiger partial charge in [-0.2, -0.15) is 21.5 Å². The van der Waals surface area contributed by atoms with Crippen molar-refractivity contribution in [1.82, 2.24) is 34.9 Å². The second-order valence-electron chi connectivity index (χ2n) is 21.1. The van der Waals surface area contributed by atoms with Gasteiger partial charge in [-0.1, -0.05) is 211 Å². The minimum Gasteiger partial charge on any atom is -0.282 e. The van der Waals surface area contributed by atoms with Gasteiger partial charge in [0.2, 0.25) is 0 Å². The summed E-state index contributed by atoms with van der Waals surface area (Å²) < 4.78 is 1.91. The number of rotatable bonds is 9. The molecule has 0 aliphatic heterocycles. The lowest BCUT2D eigenvalue weighted by atomic mass is 10.0. The number of hydrogen-bond acceptors (Lipinski definition) is 8. The van der Waals surface area contributed by atoms with Crippen molar-refractivity contribution < 1.29 is 0 Å². The highest BCUT2D eigenvalue weighted by Crippen LogP contribution is 2.20. The number of nitrogens with zero attached hydrogens (tertiary/aromatic N) is 6. The predicted octanol–water partition coefficient (Wildman–Crippen LogP) is 22.1. The van der Waals surface area contributed by atoms with Gasteiger partial charge in [-0.3, -0.25) is 19.7 Å². The van der Waals surface area contributed by atoms with Gasteiger partial charge in [0.05, 0.1) is 5.01 Å². The van der Waals surface area contributed by atoms with Crippen molar-refractivity contribution in [2.45, 2.75) is 192 Å². The molecule has 79 heavy (non-hydrogen) atoms. The Morgan fingerprint density at radius 1 is 0.392 bits per heavy atom. The van der Waals surface area contributed by atoms with E-state index in [-0.39, 0.29) is 0 Å². The van der Waals surface area contributed by atoms with Crippen LogP contribution in [0.2, 0.25) is 0 Å². The number of hydrogen-bond donors (Lipinski definition) is 1. The summed E-state index contributed by atoms with van der Waals surface area (Å²) in [5.41, 5.74) is 9.42. The molecule has 10 heteroatoms. The molecule has 9 rings (SSSR count). The minimum atomic E-state index is 0.567. The van der Waals surface area contributed by atoms with Gasteiger partial charge in [0.25, 0.3) is 0 Å². The number of benzene rings is 2. The van der Waals surface area contributed by atoms with E-state index in [1.807, 2.05) is 116 Å². The normalized spacial score (nSPS) is 10.1. The molecule has 0 spiro atoms. The Labute approximate surface area is 493 Å². The van der Waals surface area contributed by atoms with Gasteiger partial charge in [-0.25, -0.2) is 4.98 Å². The molecule has 0 aliphatic rings. The molecular formula is C69H103N7S3. The van der Waals surface area contributed by atoms with Crippen LogP contribution < -0.4 is 0 Å². The molecule has 0 aliphatic carbocycles. The predicted molar refractivity (Wildman–Crippen MR) is 352 cm³/mol. The van der Waals surface area contributed by atoms with Crippen molar-refractivity contribution >= 4 is 34.0 Å². The van der Waals surface area contributed by atoms with Crippen molar-refractivity contribution in [2.75, 3.05) is 0 Å². The van der Waals surface area contributed by atoms with Crippen molar-refractivity contribution in [3.8, 4) is 0 Å². The molecule has 1 N–H and O–H groups in total. The molecule has 7 heterocycles. The molecule has 0 amide bonds. The zero-order valence-corrected chi connectivity index (χ0v) is 54.9. The Bertz CT molecular complexity index is 2270. The average molecular weight is 1130 g/mol. The molecule has 432 valence electrons. The van der Waals surface area contributed by atoms with E-state index in [0.717, 1.165) is 0 Å². The summed E-state index contributed by atoms with van der Waals surface area (Å²) in [6.07, 6.45) is 12.8. The Balaban J connectivity index is 0.000000863. The Kier molecular flexibility index (Phi) is 41.7. The molecule has 7 nitrogen and oxygen atoms in total. The molecular weight excluding hydrogens is 1020 g/mol. The van der Waals surface area contributed by atoms with Crippen molar-refractivity contribution in [3.05, 3.63) is 229 Å². The third kappa shape index (κ3) is 35.4. The monoisotopic (exact) mass is 1130 g/mol. The number of pyridine rings is 2. The standard InChI is InChI=1S/2C9H12.2C8H11N.C7H12N2.2C7H10S.C6H10N2.C6H9NS.C2H6/c2*1-8(2)9-6-4-3-5-7-9;1-7(2)8-3-5-9-6-4-8;1-7(2)8-4-3-5-9-6-8;1-6(2)7-4-5-8-9(7)3;1-6(2)7-3-4-8-5-7;1-6(2)7-4-3-5-8-7;1-5(2)6-3-4-7-8-6;1-5(2)6-7-3-4-8-6;1-2/h2*3-8H,1-2H3;2*3-7H,1-2H3;4-6H,1-3H3;2*3-6H,1-2H3;3-5H,1-2H3,(H,7,8);3-5H,1-2H3;1-2H3. The molecule has 0 saturated carbocycles. The van der Waals surface area contributed by atoms with Crippen LogP contribution in [0.4, 0.5) is 0 Å². The van der Waals surface area contributed by atoms with E-state index in [1.165, 1.54) is 49.1 Å². The zero-order valence-electron chi connectivity index (χ0n) is 52.4. The molecule has 2 aromatic carbocycles. The van der Waals surface area contributed by atoms with Crippen LogP contribution >= 0.6 is 34.0 Å². The van der Waals surface area contributed by atoms with E-state index in [0.29, 0.717) is 53.3 Å². The fraction of sp³-hybridized carbons (Fsp3) is 0.435. The lowest BCUT2D eigenvalue weighted by Crippen LogP contribution is -1.98. The summed E-state index contributed by atoms with van der Waals surface area (Å²) in [6, 6.07) is 39.7. The van der Waals surface area contributed by atoms with Crippen molar-refractivity contribution in [3.63, 3.8) is 0 Å². The van der Waals surface area contributed by atoms with Crippen molar-refractivity contribution in [1.29, 1.82) is 0 Å². The van der Waals surface area contributed by atoms with Crippen LogP contribution in [0.15, 0.2) is 180 Å². The largest absolute Gasteiger partial charge is 0.282 e. The summed E-state index contributed by atoms with van der Waals surface area (Å²) in [7, 11) is 1.97.